The Bertz CT molecular complexity index is 136. The van der Waals surface area contributed by atoms with Crippen molar-refractivity contribution in [1.29, 1.82) is 0 Å². The van der Waals surface area contributed by atoms with Crippen LogP contribution in [-0.4, -0.2) is 11.9 Å². The summed E-state index contributed by atoms with van der Waals surface area (Å²) in [5, 5.41) is 0. The Hall–Kier alpha value is -0.660. The molecule has 48 valence electrons. The van der Waals surface area contributed by atoms with Crippen molar-refractivity contribution in [1.82, 2.24) is 0 Å². The summed E-state index contributed by atoms with van der Waals surface area (Å²) in [4.78, 5) is 7.66. The highest BCUT2D eigenvalue weighted by Gasteiger charge is 1.99. The predicted molar refractivity (Wildman–Crippen MR) is 38.7 cm³/mol. The van der Waals surface area contributed by atoms with Crippen molar-refractivity contribution >= 4 is 11.9 Å². The number of hydrogen-bond acceptors (Lipinski definition) is 2. The average Bonchev–Trinajstić information content (AvgIpc) is 2.34. The zero-order valence-electron chi connectivity index (χ0n) is 5.59. The number of rotatable bonds is 3. The van der Waals surface area contributed by atoms with Crippen LogP contribution < -0.4 is 0 Å². The van der Waals surface area contributed by atoms with Gasteiger partial charge in [0.1, 0.15) is 0 Å². The molecule has 1 aliphatic rings. The van der Waals surface area contributed by atoms with Crippen LogP contribution in [0.5, 0.6) is 0 Å². The minimum Gasteiger partial charge on any atom is -0.252 e. The third-order valence-electron chi connectivity index (χ3n) is 1.25. The van der Waals surface area contributed by atoms with E-state index in [4.69, 9.17) is 0 Å². The molecule has 9 heavy (non-hydrogen) atoms. The summed E-state index contributed by atoms with van der Waals surface area (Å²) in [7, 11) is 0. The zero-order chi connectivity index (χ0) is 6.53. The summed E-state index contributed by atoms with van der Waals surface area (Å²) in [6.07, 6.45) is 5.24. The molecule has 2 heteroatoms. The zero-order valence-corrected chi connectivity index (χ0v) is 5.59. The lowest BCUT2D eigenvalue weighted by Gasteiger charge is -1.90. The third kappa shape index (κ3) is 1.96. The van der Waals surface area contributed by atoms with E-state index in [0.717, 1.165) is 12.1 Å². The molecule has 0 aliphatic carbocycles. The van der Waals surface area contributed by atoms with Crippen molar-refractivity contribution in [3.8, 4) is 0 Å². The van der Waals surface area contributed by atoms with Gasteiger partial charge in [-0.05, 0) is 12.8 Å². The second-order valence-electron chi connectivity index (χ2n) is 2.06. The van der Waals surface area contributed by atoms with Crippen molar-refractivity contribution in [2.75, 3.05) is 0 Å². The Morgan fingerprint density at radius 3 is 3.11 bits per heavy atom. The fourth-order valence-corrected chi connectivity index (χ4v) is 0.704. The highest BCUT2D eigenvalue weighted by molar-refractivity contribution is 6.31. The Morgan fingerprint density at radius 1 is 1.67 bits per heavy atom. The lowest BCUT2D eigenvalue weighted by molar-refractivity contribution is 0.839. The predicted octanol–water partition coefficient (Wildman–Crippen LogP) is 1.70. The molecule has 0 amide bonds. The van der Waals surface area contributed by atoms with Crippen LogP contribution in [-0.2, 0) is 0 Å². The Balaban J connectivity index is 2.19. The Kier molecular flexibility index (Phi) is 2.43. The van der Waals surface area contributed by atoms with E-state index in [2.05, 4.69) is 23.6 Å². The average molecular weight is 122 g/mol. The van der Waals surface area contributed by atoms with E-state index < -0.39 is 0 Å². The largest absolute Gasteiger partial charge is 0.252 e. The monoisotopic (exact) mass is 122 g/mol. The Morgan fingerprint density at radius 2 is 2.56 bits per heavy atom. The van der Waals surface area contributed by atoms with Crippen LogP contribution in [0, 0.1) is 6.67 Å². The first-order chi connectivity index (χ1) is 4.43. The smallest absolute Gasteiger partial charge is 0.250 e. The van der Waals surface area contributed by atoms with Crippen LogP contribution in [0.25, 0.3) is 0 Å². The quantitative estimate of drug-likeness (QED) is 0.544. The second-order valence-corrected chi connectivity index (χ2v) is 2.06. The van der Waals surface area contributed by atoms with Gasteiger partial charge < -0.3 is 0 Å². The van der Waals surface area contributed by atoms with Gasteiger partial charge in [-0.3, -0.25) is 4.99 Å². The van der Waals surface area contributed by atoms with E-state index >= 15 is 0 Å². The summed E-state index contributed by atoms with van der Waals surface area (Å²) in [6.45, 7) is 4.71. The SMILES string of the molecule is CCCCC1=N[C]N=C1. The molecule has 2 nitrogen and oxygen atoms in total. The highest BCUT2D eigenvalue weighted by Crippen LogP contribution is 2.01. The van der Waals surface area contributed by atoms with Gasteiger partial charge in [-0.2, -0.15) is 0 Å². The second kappa shape index (κ2) is 3.38. The molecule has 2 radical (unpaired) electrons. The lowest BCUT2D eigenvalue weighted by atomic mass is 10.2. The fraction of sp³-hybridized carbons (Fsp3) is 0.571. The van der Waals surface area contributed by atoms with Crippen molar-refractivity contribution in [3.05, 3.63) is 6.67 Å². The minimum atomic E-state index is 1.05. The van der Waals surface area contributed by atoms with Crippen molar-refractivity contribution in [3.63, 3.8) is 0 Å². The molecular weight excluding hydrogens is 112 g/mol. The van der Waals surface area contributed by atoms with Crippen molar-refractivity contribution in [2.45, 2.75) is 26.2 Å². The molecule has 1 heterocycles. The van der Waals surface area contributed by atoms with Gasteiger partial charge in [0.05, 0.1) is 5.71 Å². The van der Waals surface area contributed by atoms with Crippen LogP contribution in [0.4, 0.5) is 0 Å². The van der Waals surface area contributed by atoms with E-state index in [1.807, 2.05) is 0 Å². The molecule has 0 saturated carbocycles. The first kappa shape index (κ1) is 6.46. The molecule has 1 rings (SSSR count). The van der Waals surface area contributed by atoms with Crippen molar-refractivity contribution < 1.29 is 0 Å². The molecule has 0 aromatic carbocycles. The van der Waals surface area contributed by atoms with Gasteiger partial charge >= 0.3 is 0 Å². The molecule has 0 fully saturated rings. The Labute approximate surface area is 55.7 Å². The molecular formula is C7H10N2. The summed E-state index contributed by atoms with van der Waals surface area (Å²) in [5.74, 6) is 0. The summed E-state index contributed by atoms with van der Waals surface area (Å²) < 4.78 is 0. The fourth-order valence-electron chi connectivity index (χ4n) is 0.704. The first-order valence-corrected chi connectivity index (χ1v) is 3.28. The van der Waals surface area contributed by atoms with Gasteiger partial charge in [0.2, 0.25) is 6.67 Å². The first-order valence-electron chi connectivity index (χ1n) is 3.28. The van der Waals surface area contributed by atoms with E-state index in [-0.39, 0.29) is 0 Å². The van der Waals surface area contributed by atoms with Crippen LogP contribution in [0.15, 0.2) is 9.98 Å². The molecule has 0 aromatic heterocycles. The van der Waals surface area contributed by atoms with E-state index in [0.29, 0.717) is 0 Å². The molecule has 0 N–H and O–H groups in total. The normalized spacial score (nSPS) is 16.3. The molecule has 1 aliphatic heterocycles. The summed E-state index contributed by atoms with van der Waals surface area (Å²) in [6, 6.07) is 0. The van der Waals surface area contributed by atoms with Crippen LogP contribution >= 0.6 is 0 Å². The maximum atomic E-state index is 3.92. The maximum Gasteiger partial charge on any atom is 0.250 e. The molecule has 0 unspecified atom stereocenters. The number of aliphatic imine (C=N–C) groups is 2. The third-order valence-corrected chi connectivity index (χ3v) is 1.25. The van der Waals surface area contributed by atoms with Gasteiger partial charge in [0.25, 0.3) is 0 Å². The maximum absolute atomic E-state index is 3.92. The topological polar surface area (TPSA) is 24.7 Å². The molecule has 0 aromatic rings. The van der Waals surface area contributed by atoms with Crippen LogP contribution in [0.3, 0.4) is 0 Å². The number of nitrogens with zero attached hydrogens (tertiary/aromatic N) is 2. The van der Waals surface area contributed by atoms with Gasteiger partial charge in [0, 0.05) is 6.21 Å². The van der Waals surface area contributed by atoms with E-state index in [1.165, 1.54) is 12.8 Å². The molecule has 0 saturated heterocycles. The molecule has 0 spiro atoms. The number of hydrogen-bond donors (Lipinski definition) is 0. The standard InChI is InChI=1S/C7H10N2/c1-2-3-4-7-5-8-6-9-7/h5H,2-4H2,1H3. The van der Waals surface area contributed by atoms with Gasteiger partial charge in [-0.15, -0.1) is 0 Å². The van der Waals surface area contributed by atoms with Gasteiger partial charge in [-0.1, -0.05) is 13.3 Å². The molecule has 0 atom stereocenters. The van der Waals surface area contributed by atoms with Gasteiger partial charge in [0.15, 0.2) is 0 Å². The summed E-state index contributed by atoms with van der Waals surface area (Å²) >= 11 is 0. The molecule has 0 bridgehead atoms. The van der Waals surface area contributed by atoms with Crippen LogP contribution in [0.2, 0.25) is 0 Å². The van der Waals surface area contributed by atoms with Gasteiger partial charge in [-0.25, -0.2) is 4.99 Å². The lowest BCUT2D eigenvalue weighted by Crippen LogP contribution is -1.94. The number of unbranched alkanes of at least 4 members (excludes halogenated alkanes) is 1. The van der Waals surface area contributed by atoms with E-state index in [1.54, 1.807) is 6.21 Å². The highest BCUT2D eigenvalue weighted by atomic mass is 15.0. The van der Waals surface area contributed by atoms with Crippen LogP contribution in [0.1, 0.15) is 26.2 Å². The van der Waals surface area contributed by atoms with E-state index in [9.17, 15) is 0 Å². The van der Waals surface area contributed by atoms with Crippen molar-refractivity contribution in [2.24, 2.45) is 9.98 Å². The minimum absolute atomic E-state index is 1.05. The summed E-state index contributed by atoms with van der Waals surface area (Å²) in [5.41, 5.74) is 1.07.